The van der Waals surface area contributed by atoms with Gasteiger partial charge in [0.1, 0.15) is 40.8 Å². The quantitative estimate of drug-likeness (QED) is 0.111. The smallest absolute Gasteiger partial charge is 0.348 e. The van der Waals surface area contributed by atoms with Gasteiger partial charge in [-0.1, -0.05) is 19.1 Å². The summed E-state index contributed by atoms with van der Waals surface area (Å²) in [7, 11) is 0. The summed E-state index contributed by atoms with van der Waals surface area (Å²) < 4.78 is 35.2. The Bertz CT molecular complexity index is 2050. The molecule has 10 atom stereocenters. The number of aliphatic hydroxyl groups is 4. The third-order valence-electron chi connectivity index (χ3n) is 9.05. The molecule has 2 saturated heterocycles. The van der Waals surface area contributed by atoms with Crippen molar-refractivity contribution in [3.63, 3.8) is 0 Å². The van der Waals surface area contributed by atoms with Crippen molar-refractivity contribution in [2.24, 2.45) is 5.92 Å². The first-order chi connectivity index (χ1) is 21.4. The second-order valence-electron chi connectivity index (χ2n) is 12.0. The fourth-order valence-electron chi connectivity index (χ4n) is 6.53. The summed E-state index contributed by atoms with van der Waals surface area (Å²) in [5.74, 6) is -1.03. The molecule has 0 bridgehead atoms. The second-order valence-corrected chi connectivity index (χ2v) is 12.0. The maximum Gasteiger partial charge on any atom is 0.348 e. The van der Waals surface area contributed by atoms with Gasteiger partial charge < -0.3 is 53.3 Å². The zero-order valence-corrected chi connectivity index (χ0v) is 24.7. The van der Waals surface area contributed by atoms with Crippen LogP contribution in [0.15, 0.2) is 48.8 Å². The van der Waals surface area contributed by atoms with Crippen LogP contribution in [0.1, 0.15) is 26.3 Å². The number of rotatable bonds is 4. The molecule has 13 heteroatoms. The molecule has 0 saturated carbocycles. The minimum Gasteiger partial charge on any atom is -0.506 e. The second kappa shape index (κ2) is 10.6. The Balaban J connectivity index is 1.39. The first-order valence-corrected chi connectivity index (χ1v) is 14.6. The van der Waals surface area contributed by atoms with Crippen molar-refractivity contribution >= 4 is 43.5 Å². The summed E-state index contributed by atoms with van der Waals surface area (Å²) >= 11 is 0. The van der Waals surface area contributed by atoms with E-state index in [9.17, 15) is 35.1 Å². The van der Waals surface area contributed by atoms with Crippen molar-refractivity contribution in [2.75, 3.05) is 0 Å². The Kier molecular flexibility index (Phi) is 7.05. The van der Waals surface area contributed by atoms with Gasteiger partial charge in [0.15, 0.2) is 18.0 Å². The van der Waals surface area contributed by atoms with Gasteiger partial charge >= 0.3 is 11.3 Å². The zero-order chi connectivity index (χ0) is 32.1. The molecule has 4 heterocycles. The highest BCUT2D eigenvalue weighted by Crippen LogP contribution is 2.45. The topological polar surface area (TPSA) is 198 Å². The van der Waals surface area contributed by atoms with Gasteiger partial charge in [-0.05, 0) is 44.5 Å². The lowest BCUT2D eigenvalue weighted by atomic mass is 9.91. The highest BCUT2D eigenvalue weighted by Gasteiger charge is 2.49. The molecular formula is C32H32O13. The SMILES string of the molecule is Cc1cc2oc(=O)c3c(O)c4cccc(O[C@@H]5OC(C)[C@H](O)[C@H](O)C5O[C@H]5OC(C)[C@H](O)C(C)[C@H]5O)c4c4oc(=O)c(c1)c2c34. The van der Waals surface area contributed by atoms with Gasteiger partial charge in [-0.25, -0.2) is 9.59 Å². The van der Waals surface area contributed by atoms with E-state index in [4.69, 9.17) is 27.8 Å². The first kappa shape index (κ1) is 29.9. The Morgan fingerprint density at radius 1 is 0.733 bits per heavy atom. The predicted molar refractivity (Wildman–Crippen MR) is 158 cm³/mol. The summed E-state index contributed by atoms with van der Waals surface area (Å²) in [6.45, 7) is 6.50. The number of aliphatic hydroxyl groups excluding tert-OH is 4. The van der Waals surface area contributed by atoms with Crippen molar-refractivity contribution < 1.29 is 53.3 Å². The van der Waals surface area contributed by atoms with E-state index in [-0.39, 0.29) is 43.8 Å². The van der Waals surface area contributed by atoms with Crippen molar-refractivity contribution in [1.29, 1.82) is 0 Å². The molecule has 13 nitrogen and oxygen atoms in total. The van der Waals surface area contributed by atoms with Crippen LogP contribution in [0.25, 0.3) is 43.5 Å². The van der Waals surface area contributed by atoms with Gasteiger partial charge in [-0.3, -0.25) is 0 Å². The molecule has 0 amide bonds. The molecular weight excluding hydrogens is 592 g/mol. The molecule has 5 aromatic rings. The number of fused-ring (bicyclic) bond motifs is 2. The Morgan fingerprint density at radius 3 is 2.20 bits per heavy atom. The van der Waals surface area contributed by atoms with Crippen LogP contribution in [0.5, 0.6) is 11.5 Å². The first-order valence-electron chi connectivity index (χ1n) is 14.6. The van der Waals surface area contributed by atoms with Crippen molar-refractivity contribution in [3.05, 3.63) is 56.7 Å². The van der Waals surface area contributed by atoms with Crippen LogP contribution in [-0.2, 0) is 14.2 Å². The molecule has 45 heavy (non-hydrogen) atoms. The number of benzene rings is 3. The molecule has 2 aliphatic rings. The molecule has 0 radical (unpaired) electrons. The fourth-order valence-corrected chi connectivity index (χ4v) is 6.53. The van der Waals surface area contributed by atoms with Gasteiger partial charge in [-0.15, -0.1) is 0 Å². The van der Waals surface area contributed by atoms with E-state index < -0.39 is 78.2 Å². The minimum atomic E-state index is -1.56. The van der Waals surface area contributed by atoms with E-state index in [2.05, 4.69) is 0 Å². The number of ether oxygens (including phenoxy) is 4. The normalized spacial score (nSPS) is 32.6. The van der Waals surface area contributed by atoms with E-state index >= 15 is 0 Å². The van der Waals surface area contributed by atoms with Crippen LogP contribution in [0.3, 0.4) is 0 Å². The molecule has 2 fully saturated rings. The zero-order valence-electron chi connectivity index (χ0n) is 24.7. The monoisotopic (exact) mass is 624 g/mol. The van der Waals surface area contributed by atoms with Crippen molar-refractivity contribution in [3.8, 4) is 11.5 Å². The predicted octanol–water partition coefficient (Wildman–Crippen LogP) is 1.99. The average molecular weight is 625 g/mol. The highest BCUT2D eigenvalue weighted by atomic mass is 16.8. The molecule has 3 aromatic carbocycles. The average Bonchev–Trinajstić information content (AvgIpc) is 3.00. The highest BCUT2D eigenvalue weighted by molar-refractivity contribution is 6.28. The third kappa shape index (κ3) is 4.49. The van der Waals surface area contributed by atoms with Gasteiger partial charge in [-0.2, -0.15) is 0 Å². The van der Waals surface area contributed by atoms with Crippen LogP contribution >= 0.6 is 0 Å². The summed E-state index contributed by atoms with van der Waals surface area (Å²) in [6.07, 6.45) is -11.0. The van der Waals surface area contributed by atoms with E-state index in [1.54, 1.807) is 32.9 Å². The number of phenols is 1. The number of hydrogen-bond donors (Lipinski definition) is 5. The standard InChI is InChI=1S/C32H32O13/c1-10-8-15-18-17(9-10)42-30(39)21-20(18)27(44-29(15)38)19-14(25(21)36)6-5-7-16(19)43-32-28(26(37)24(35)13(4)41-32)45-31-23(34)11(2)22(33)12(3)40-31/h5-9,11-13,22-24,26,28,31-37H,1-4H3/t11?,12?,13?,22-,23-,24+,26+,28?,31-,32+/m1/s1. The van der Waals surface area contributed by atoms with Crippen LogP contribution < -0.4 is 16.0 Å². The summed E-state index contributed by atoms with van der Waals surface area (Å²) in [4.78, 5) is 26.4. The fraction of sp³-hybridized carbons (Fsp3) is 0.438. The molecule has 2 aromatic heterocycles. The third-order valence-corrected chi connectivity index (χ3v) is 9.05. The lowest BCUT2D eigenvalue weighted by molar-refractivity contribution is -0.346. The van der Waals surface area contributed by atoms with E-state index in [1.807, 2.05) is 0 Å². The number of aryl methyl sites for hydroxylation is 1. The maximum absolute atomic E-state index is 13.3. The minimum absolute atomic E-state index is 0.0288. The summed E-state index contributed by atoms with van der Waals surface area (Å²) in [5, 5.41) is 54.9. The van der Waals surface area contributed by atoms with E-state index in [0.29, 0.717) is 10.9 Å². The van der Waals surface area contributed by atoms with Crippen molar-refractivity contribution in [2.45, 2.75) is 83.0 Å². The molecule has 2 aliphatic heterocycles. The Hall–Kier alpha value is -3.82. The number of phenolic OH excluding ortho intramolecular Hbond substituents is 1. The Labute approximate surface area is 254 Å². The van der Waals surface area contributed by atoms with Crippen LogP contribution in [-0.4, -0.2) is 80.8 Å². The van der Waals surface area contributed by atoms with Gasteiger partial charge in [0, 0.05) is 22.1 Å². The Morgan fingerprint density at radius 2 is 1.44 bits per heavy atom. The van der Waals surface area contributed by atoms with Gasteiger partial charge in [0.2, 0.25) is 6.29 Å². The molecule has 7 rings (SSSR count). The largest absolute Gasteiger partial charge is 0.506 e. The van der Waals surface area contributed by atoms with Crippen LogP contribution in [0.2, 0.25) is 0 Å². The lowest BCUT2D eigenvalue weighted by Gasteiger charge is -2.45. The molecule has 238 valence electrons. The van der Waals surface area contributed by atoms with E-state index in [0.717, 1.165) is 0 Å². The van der Waals surface area contributed by atoms with Gasteiger partial charge in [0.25, 0.3) is 0 Å². The summed E-state index contributed by atoms with van der Waals surface area (Å²) in [5.41, 5.74) is -0.766. The maximum atomic E-state index is 13.3. The van der Waals surface area contributed by atoms with Crippen LogP contribution in [0.4, 0.5) is 0 Å². The lowest BCUT2D eigenvalue weighted by Crippen LogP contribution is -2.62. The van der Waals surface area contributed by atoms with Crippen LogP contribution in [0, 0.1) is 12.8 Å². The molecule has 0 aliphatic carbocycles. The molecule has 4 unspecified atom stereocenters. The molecule has 0 spiro atoms. The number of hydrogen-bond acceptors (Lipinski definition) is 13. The number of aromatic hydroxyl groups is 1. The van der Waals surface area contributed by atoms with Crippen molar-refractivity contribution in [1.82, 2.24) is 0 Å². The van der Waals surface area contributed by atoms with E-state index in [1.165, 1.54) is 25.1 Å². The molecule has 5 N–H and O–H groups in total. The summed E-state index contributed by atoms with van der Waals surface area (Å²) in [6, 6.07) is 7.77. The van der Waals surface area contributed by atoms with Gasteiger partial charge in [0.05, 0.1) is 29.1 Å².